The number of benzene rings is 1. The van der Waals surface area contributed by atoms with Crippen molar-refractivity contribution < 1.29 is 19.1 Å². The first-order chi connectivity index (χ1) is 9.04. The van der Waals surface area contributed by atoms with Crippen molar-refractivity contribution in [2.24, 2.45) is 0 Å². The number of nitrogen functional groups attached to an aromatic ring is 1. The molecule has 0 heterocycles. The van der Waals surface area contributed by atoms with E-state index in [-0.39, 0.29) is 5.91 Å². The predicted octanol–water partition coefficient (Wildman–Crippen LogP) is 0.577. The molecule has 6 heteroatoms. The summed E-state index contributed by atoms with van der Waals surface area (Å²) in [4.78, 5) is 23.3. The summed E-state index contributed by atoms with van der Waals surface area (Å²) in [7, 11) is 1.54. The molecule has 0 unspecified atom stereocenters. The van der Waals surface area contributed by atoms with E-state index in [9.17, 15) is 9.59 Å². The molecule has 1 aromatic carbocycles. The summed E-state index contributed by atoms with van der Waals surface area (Å²) in [6.07, 6.45) is -0.859. The van der Waals surface area contributed by atoms with Crippen molar-refractivity contribution >= 4 is 17.6 Å². The number of amides is 1. The summed E-state index contributed by atoms with van der Waals surface area (Å²) < 4.78 is 9.84. The lowest BCUT2D eigenvalue weighted by Gasteiger charge is -2.13. The maximum absolute atomic E-state index is 11.7. The molecule has 104 valence electrons. The largest absolute Gasteiger partial charge is 0.449 e. The number of methoxy groups -OCH3 is 1. The highest BCUT2D eigenvalue weighted by molar-refractivity contribution is 5.92. The van der Waals surface area contributed by atoms with Gasteiger partial charge < -0.3 is 20.5 Å². The summed E-state index contributed by atoms with van der Waals surface area (Å²) in [6.45, 7) is 2.29. The fraction of sp³-hybridized carbons (Fsp3) is 0.385. The lowest BCUT2D eigenvalue weighted by Crippen LogP contribution is -2.37. The summed E-state index contributed by atoms with van der Waals surface area (Å²) >= 11 is 0. The van der Waals surface area contributed by atoms with Crippen molar-refractivity contribution in [1.29, 1.82) is 0 Å². The lowest BCUT2D eigenvalue weighted by atomic mass is 10.2. The van der Waals surface area contributed by atoms with Crippen LogP contribution in [0, 0.1) is 0 Å². The highest BCUT2D eigenvalue weighted by atomic mass is 16.5. The van der Waals surface area contributed by atoms with Crippen molar-refractivity contribution in [3.8, 4) is 0 Å². The molecule has 3 N–H and O–H groups in total. The second-order valence-electron chi connectivity index (χ2n) is 3.95. The Labute approximate surface area is 111 Å². The number of hydrogen-bond donors (Lipinski definition) is 2. The molecule has 0 radical (unpaired) electrons. The maximum Gasteiger partial charge on any atom is 0.338 e. The fourth-order valence-corrected chi connectivity index (χ4v) is 1.32. The quantitative estimate of drug-likeness (QED) is 0.446. The lowest BCUT2D eigenvalue weighted by molar-refractivity contribution is -0.129. The molecule has 0 aromatic heterocycles. The first kappa shape index (κ1) is 15.0. The summed E-state index contributed by atoms with van der Waals surface area (Å²) in [5.74, 6) is -0.921. The fourth-order valence-electron chi connectivity index (χ4n) is 1.32. The summed E-state index contributed by atoms with van der Waals surface area (Å²) in [6, 6.07) is 6.29. The van der Waals surface area contributed by atoms with Gasteiger partial charge in [0.25, 0.3) is 5.91 Å². The molecule has 0 saturated heterocycles. The van der Waals surface area contributed by atoms with Crippen molar-refractivity contribution in [2.45, 2.75) is 13.0 Å². The van der Waals surface area contributed by atoms with Crippen LogP contribution in [-0.4, -0.2) is 38.2 Å². The van der Waals surface area contributed by atoms with E-state index in [4.69, 9.17) is 15.2 Å². The van der Waals surface area contributed by atoms with E-state index in [1.165, 1.54) is 14.0 Å². The number of carbonyl (C=O) groups is 2. The van der Waals surface area contributed by atoms with E-state index >= 15 is 0 Å². The van der Waals surface area contributed by atoms with Gasteiger partial charge in [0, 0.05) is 19.3 Å². The van der Waals surface area contributed by atoms with Gasteiger partial charge in [-0.2, -0.15) is 0 Å². The van der Waals surface area contributed by atoms with Gasteiger partial charge in [0.15, 0.2) is 6.10 Å². The van der Waals surface area contributed by atoms with Gasteiger partial charge in [-0.05, 0) is 31.2 Å². The van der Waals surface area contributed by atoms with Crippen LogP contribution in [-0.2, 0) is 14.3 Å². The normalized spacial score (nSPS) is 11.7. The maximum atomic E-state index is 11.7. The van der Waals surface area contributed by atoms with E-state index in [0.29, 0.717) is 24.4 Å². The summed E-state index contributed by atoms with van der Waals surface area (Å²) in [5.41, 5.74) is 6.43. The zero-order chi connectivity index (χ0) is 14.3. The number of hydrogen-bond acceptors (Lipinski definition) is 5. The molecule has 0 fully saturated rings. The second-order valence-corrected chi connectivity index (χ2v) is 3.95. The number of esters is 1. The molecule has 1 atom stereocenters. The van der Waals surface area contributed by atoms with E-state index in [1.54, 1.807) is 24.3 Å². The van der Waals surface area contributed by atoms with Gasteiger partial charge in [0.2, 0.25) is 0 Å². The van der Waals surface area contributed by atoms with Crippen LogP contribution >= 0.6 is 0 Å². The van der Waals surface area contributed by atoms with Crippen LogP contribution in [0.2, 0.25) is 0 Å². The van der Waals surface area contributed by atoms with E-state index < -0.39 is 12.1 Å². The van der Waals surface area contributed by atoms with Gasteiger partial charge in [0.05, 0.1) is 12.2 Å². The van der Waals surface area contributed by atoms with Crippen LogP contribution in [0.5, 0.6) is 0 Å². The Balaban J connectivity index is 2.47. The van der Waals surface area contributed by atoms with Gasteiger partial charge in [0.1, 0.15) is 0 Å². The van der Waals surface area contributed by atoms with Crippen molar-refractivity contribution in [1.82, 2.24) is 5.32 Å². The molecule has 0 saturated carbocycles. The molecule has 0 spiro atoms. The van der Waals surface area contributed by atoms with E-state index in [1.807, 2.05) is 0 Å². The molecule has 1 aromatic rings. The molecule has 0 aliphatic carbocycles. The number of anilines is 1. The molecule has 0 aliphatic heterocycles. The third-order valence-electron chi connectivity index (χ3n) is 2.40. The van der Waals surface area contributed by atoms with Crippen molar-refractivity contribution in [2.75, 3.05) is 26.0 Å². The van der Waals surface area contributed by atoms with Crippen molar-refractivity contribution in [3.63, 3.8) is 0 Å². The molecule has 19 heavy (non-hydrogen) atoms. The minimum Gasteiger partial charge on any atom is -0.449 e. The highest BCUT2D eigenvalue weighted by Crippen LogP contribution is 2.08. The van der Waals surface area contributed by atoms with Crippen molar-refractivity contribution in [3.05, 3.63) is 29.8 Å². The zero-order valence-electron chi connectivity index (χ0n) is 11.0. The predicted molar refractivity (Wildman–Crippen MR) is 70.6 cm³/mol. The Morgan fingerprint density at radius 2 is 1.95 bits per heavy atom. The molecule has 1 amide bonds. The van der Waals surface area contributed by atoms with Crippen LogP contribution < -0.4 is 11.1 Å². The van der Waals surface area contributed by atoms with Crippen LogP contribution in [0.25, 0.3) is 0 Å². The number of nitrogens with one attached hydrogen (secondary N) is 1. The van der Waals surface area contributed by atoms with Crippen LogP contribution in [0.15, 0.2) is 24.3 Å². The van der Waals surface area contributed by atoms with Gasteiger partial charge in [-0.15, -0.1) is 0 Å². The monoisotopic (exact) mass is 266 g/mol. The first-order valence-corrected chi connectivity index (χ1v) is 5.87. The van der Waals surface area contributed by atoms with E-state index in [2.05, 4.69) is 5.32 Å². The van der Waals surface area contributed by atoms with Gasteiger partial charge in [-0.1, -0.05) is 0 Å². The topological polar surface area (TPSA) is 90.6 Å². The second kappa shape index (κ2) is 7.38. The van der Waals surface area contributed by atoms with E-state index in [0.717, 1.165) is 0 Å². The molecular weight excluding hydrogens is 248 g/mol. The molecule has 1 rings (SSSR count). The Bertz CT molecular complexity index is 431. The SMILES string of the molecule is COCCNC(=O)[C@H](C)OC(=O)c1ccc(N)cc1. The molecule has 6 nitrogen and oxygen atoms in total. The number of carbonyl (C=O) groups excluding carboxylic acids is 2. The molecule has 0 bridgehead atoms. The molecule has 0 aliphatic rings. The number of nitrogens with two attached hydrogens (primary N) is 1. The zero-order valence-corrected chi connectivity index (χ0v) is 11.0. The van der Waals surface area contributed by atoms with Crippen LogP contribution in [0.4, 0.5) is 5.69 Å². The van der Waals surface area contributed by atoms with Gasteiger partial charge in [-0.3, -0.25) is 4.79 Å². The minimum absolute atomic E-state index is 0.353. The third kappa shape index (κ3) is 4.97. The van der Waals surface area contributed by atoms with Gasteiger partial charge >= 0.3 is 5.97 Å². The minimum atomic E-state index is -0.859. The Kier molecular flexibility index (Phi) is 5.81. The van der Waals surface area contributed by atoms with Crippen LogP contribution in [0.3, 0.4) is 0 Å². The average molecular weight is 266 g/mol. The average Bonchev–Trinajstić information content (AvgIpc) is 2.39. The van der Waals surface area contributed by atoms with Gasteiger partial charge in [-0.25, -0.2) is 4.79 Å². The summed E-state index contributed by atoms with van der Waals surface area (Å²) in [5, 5.41) is 2.59. The number of ether oxygens (including phenoxy) is 2. The van der Waals surface area contributed by atoms with Crippen LogP contribution in [0.1, 0.15) is 17.3 Å². The number of rotatable bonds is 6. The molecular formula is C13H18N2O4. The third-order valence-corrected chi connectivity index (χ3v) is 2.40. The smallest absolute Gasteiger partial charge is 0.338 e. The Morgan fingerprint density at radius 1 is 1.32 bits per heavy atom. The first-order valence-electron chi connectivity index (χ1n) is 5.87. The highest BCUT2D eigenvalue weighted by Gasteiger charge is 2.18. The standard InChI is InChI=1S/C13H18N2O4/c1-9(12(16)15-7-8-18-2)19-13(17)10-3-5-11(14)6-4-10/h3-6,9H,7-8,14H2,1-2H3,(H,15,16)/t9-/m0/s1. The Hall–Kier alpha value is -2.08. The Morgan fingerprint density at radius 3 is 2.53 bits per heavy atom.